The summed E-state index contributed by atoms with van der Waals surface area (Å²) in [5, 5.41) is 1.53. The van der Waals surface area contributed by atoms with E-state index in [-0.39, 0.29) is 0 Å². The monoisotopic (exact) mass is 318 g/mol. The van der Waals surface area contributed by atoms with Gasteiger partial charge in [0.2, 0.25) is 8.40 Å². The first-order chi connectivity index (χ1) is 10.5. The van der Waals surface area contributed by atoms with Gasteiger partial charge in [0, 0.05) is 0 Å². The molecule has 1 rings (SSSR count). The number of nitrogens with zero attached hydrogens (tertiary/aromatic N) is 2. The molecule has 0 unspecified atom stereocenters. The summed E-state index contributed by atoms with van der Waals surface area (Å²) in [5.41, 5.74) is 2.39. The van der Waals surface area contributed by atoms with Crippen LogP contribution >= 0.6 is 0 Å². The Labute approximate surface area is 139 Å². The molecular weight excluding hydrogens is 284 g/mol. The van der Waals surface area contributed by atoms with E-state index in [4.69, 9.17) is 0 Å². The number of hydrogen-bond donors (Lipinski definition) is 0. The van der Waals surface area contributed by atoms with Crippen molar-refractivity contribution in [3.05, 3.63) is 36.4 Å². The fourth-order valence-electron chi connectivity index (χ4n) is 3.73. The van der Waals surface area contributed by atoms with Gasteiger partial charge < -0.3 is 9.13 Å². The number of allylic oxidation sites excluding steroid dienone is 1. The number of rotatable bonds is 9. The van der Waals surface area contributed by atoms with Crippen LogP contribution in [0, 0.1) is 0 Å². The minimum Gasteiger partial charge on any atom is -0.309 e. The molecule has 0 radical (unpaired) electrons. The minimum atomic E-state index is -1.83. The van der Waals surface area contributed by atoms with Crippen molar-refractivity contribution in [1.29, 1.82) is 0 Å². The van der Waals surface area contributed by atoms with Crippen molar-refractivity contribution in [3.63, 3.8) is 0 Å². The average Bonchev–Trinajstić information content (AvgIpc) is 2.55. The van der Waals surface area contributed by atoms with Gasteiger partial charge in [0.1, 0.15) is 0 Å². The first-order valence-corrected chi connectivity index (χ1v) is 10.9. The highest BCUT2D eigenvalue weighted by Crippen LogP contribution is 2.22. The Bertz CT molecular complexity index is 447. The standard InChI is InChI=1S/C19H34N2Si/c1-8-20(9-2)22(12-5,21(10-3)11-4)19-15-13-18(14-16-19)17(6)7/h13-16H,6,8-12H2,1-5,7H3. The van der Waals surface area contributed by atoms with Gasteiger partial charge in [-0.1, -0.05) is 71.0 Å². The Kier molecular flexibility index (Phi) is 7.53. The van der Waals surface area contributed by atoms with Crippen molar-refractivity contribution in [3.8, 4) is 0 Å². The maximum atomic E-state index is 4.06. The minimum absolute atomic E-state index is 1.12. The molecule has 1 aromatic carbocycles. The van der Waals surface area contributed by atoms with E-state index in [9.17, 15) is 0 Å². The summed E-state index contributed by atoms with van der Waals surface area (Å²) in [4.78, 5) is 0. The van der Waals surface area contributed by atoms with E-state index in [1.807, 2.05) is 0 Å². The molecule has 0 fully saturated rings. The summed E-state index contributed by atoms with van der Waals surface area (Å²) < 4.78 is 5.46. The molecule has 22 heavy (non-hydrogen) atoms. The smallest absolute Gasteiger partial charge is 0.239 e. The Morgan fingerprint density at radius 1 is 0.864 bits per heavy atom. The normalized spacial score (nSPS) is 12.2. The van der Waals surface area contributed by atoms with Crippen LogP contribution in [0.25, 0.3) is 5.57 Å². The van der Waals surface area contributed by atoms with Gasteiger partial charge in [0.15, 0.2) is 0 Å². The van der Waals surface area contributed by atoms with Crippen LogP contribution in [0.1, 0.15) is 47.1 Å². The van der Waals surface area contributed by atoms with Crippen LogP contribution in [-0.4, -0.2) is 43.7 Å². The molecule has 0 aliphatic heterocycles. The molecule has 0 aliphatic rings. The second-order valence-electron chi connectivity index (χ2n) is 5.87. The van der Waals surface area contributed by atoms with Gasteiger partial charge in [-0.3, -0.25) is 0 Å². The van der Waals surface area contributed by atoms with E-state index < -0.39 is 8.40 Å². The molecule has 0 atom stereocenters. The summed E-state index contributed by atoms with van der Waals surface area (Å²) >= 11 is 0. The zero-order valence-corrected chi connectivity index (χ0v) is 16.4. The first-order valence-electron chi connectivity index (χ1n) is 8.78. The van der Waals surface area contributed by atoms with Crippen molar-refractivity contribution >= 4 is 19.2 Å². The second-order valence-corrected chi connectivity index (χ2v) is 10.1. The Morgan fingerprint density at radius 3 is 1.55 bits per heavy atom. The zero-order chi connectivity index (χ0) is 16.8. The van der Waals surface area contributed by atoms with Crippen LogP contribution < -0.4 is 5.19 Å². The van der Waals surface area contributed by atoms with E-state index in [0.29, 0.717) is 0 Å². The lowest BCUT2D eigenvalue weighted by Gasteiger charge is -2.48. The van der Waals surface area contributed by atoms with Crippen LogP contribution in [-0.2, 0) is 0 Å². The molecule has 0 spiro atoms. The van der Waals surface area contributed by atoms with E-state index in [1.54, 1.807) is 0 Å². The van der Waals surface area contributed by atoms with Crippen molar-refractivity contribution < 1.29 is 0 Å². The SMILES string of the molecule is C=C(C)c1ccc([Si](CC)(N(CC)CC)N(CC)CC)cc1. The topological polar surface area (TPSA) is 6.48 Å². The van der Waals surface area contributed by atoms with Crippen molar-refractivity contribution in [2.24, 2.45) is 0 Å². The van der Waals surface area contributed by atoms with E-state index in [0.717, 1.165) is 31.8 Å². The maximum absolute atomic E-state index is 4.06. The summed E-state index contributed by atoms with van der Waals surface area (Å²) in [6.45, 7) is 22.2. The highest BCUT2D eigenvalue weighted by Gasteiger charge is 2.43. The van der Waals surface area contributed by atoms with Crippen molar-refractivity contribution in [1.82, 2.24) is 9.13 Å². The largest absolute Gasteiger partial charge is 0.309 e. The highest BCUT2D eigenvalue weighted by atomic mass is 28.3. The average molecular weight is 319 g/mol. The molecule has 0 aliphatic carbocycles. The molecule has 1 aromatic rings. The van der Waals surface area contributed by atoms with Gasteiger partial charge in [-0.25, -0.2) is 0 Å². The lowest BCUT2D eigenvalue weighted by atomic mass is 10.1. The molecule has 0 amide bonds. The van der Waals surface area contributed by atoms with Gasteiger partial charge in [-0.05, 0) is 49.9 Å². The molecule has 0 heterocycles. The summed E-state index contributed by atoms with van der Waals surface area (Å²) in [6.07, 6.45) is 0. The Morgan fingerprint density at radius 2 is 1.27 bits per heavy atom. The molecule has 2 nitrogen and oxygen atoms in total. The van der Waals surface area contributed by atoms with Crippen LogP contribution in [0.3, 0.4) is 0 Å². The van der Waals surface area contributed by atoms with E-state index in [1.165, 1.54) is 16.8 Å². The van der Waals surface area contributed by atoms with Crippen molar-refractivity contribution in [2.45, 2.75) is 47.6 Å². The summed E-state index contributed by atoms with van der Waals surface area (Å²) in [7, 11) is -1.83. The first kappa shape index (κ1) is 19.1. The van der Waals surface area contributed by atoms with Gasteiger partial charge in [0.05, 0.1) is 0 Å². The van der Waals surface area contributed by atoms with Crippen LogP contribution in [0.2, 0.25) is 6.04 Å². The second kappa shape index (κ2) is 8.66. The van der Waals surface area contributed by atoms with Gasteiger partial charge >= 0.3 is 0 Å². The molecule has 0 aromatic heterocycles. The number of benzene rings is 1. The molecule has 3 heteroatoms. The quantitative estimate of drug-likeness (QED) is 0.633. The van der Waals surface area contributed by atoms with E-state index >= 15 is 0 Å². The highest BCUT2D eigenvalue weighted by molar-refractivity contribution is 6.87. The molecule has 124 valence electrons. The Balaban J connectivity index is 3.43. The third-order valence-corrected chi connectivity index (χ3v) is 10.5. The van der Waals surface area contributed by atoms with Gasteiger partial charge in [-0.2, -0.15) is 0 Å². The lowest BCUT2D eigenvalue weighted by Crippen LogP contribution is -2.72. The van der Waals surface area contributed by atoms with Crippen LogP contribution in [0.5, 0.6) is 0 Å². The van der Waals surface area contributed by atoms with Gasteiger partial charge in [-0.15, -0.1) is 0 Å². The van der Waals surface area contributed by atoms with Crippen LogP contribution in [0.15, 0.2) is 30.8 Å². The fraction of sp³-hybridized carbons (Fsp3) is 0.579. The lowest BCUT2D eigenvalue weighted by molar-refractivity contribution is 0.362. The molecule has 0 saturated heterocycles. The van der Waals surface area contributed by atoms with Crippen LogP contribution in [0.4, 0.5) is 0 Å². The maximum Gasteiger partial charge on any atom is 0.239 e. The molecule has 0 bridgehead atoms. The third kappa shape index (κ3) is 3.53. The predicted octanol–water partition coefficient (Wildman–Crippen LogP) is 4.07. The van der Waals surface area contributed by atoms with E-state index in [2.05, 4.69) is 81.5 Å². The molecular formula is C19H34N2Si. The third-order valence-electron chi connectivity index (χ3n) is 4.91. The fourth-order valence-corrected chi connectivity index (χ4v) is 8.96. The Hall–Kier alpha value is -0.903. The zero-order valence-electron chi connectivity index (χ0n) is 15.4. The summed E-state index contributed by atoms with van der Waals surface area (Å²) in [6, 6.07) is 10.4. The van der Waals surface area contributed by atoms with Gasteiger partial charge in [0.25, 0.3) is 0 Å². The number of hydrogen-bond acceptors (Lipinski definition) is 2. The predicted molar refractivity (Wildman–Crippen MR) is 103 cm³/mol. The molecule has 0 saturated carbocycles. The molecule has 0 N–H and O–H groups in total. The summed E-state index contributed by atoms with van der Waals surface area (Å²) in [5.74, 6) is 0. The van der Waals surface area contributed by atoms with Crippen molar-refractivity contribution in [2.75, 3.05) is 26.2 Å².